The lowest BCUT2D eigenvalue weighted by Gasteiger charge is -2.38. The molecular weight excluding hydrogens is 266 g/mol. The average Bonchev–Trinajstić information content (AvgIpc) is 2.39. The SMILES string of the molecule is CC(O)CC1CCCCN1S(=O)(=O)C1CCOCC1. The molecule has 2 aliphatic rings. The van der Waals surface area contributed by atoms with Gasteiger partial charge in [-0.15, -0.1) is 0 Å². The van der Waals surface area contributed by atoms with Crippen LogP contribution in [0, 0.1) is 0 Å². The first kappa shape index (κ1) is 15.2. The van der Waals surface area contributed by atoms with E-state index in [1.807, 2.05) is 0 Å². The summed E-state index contributed by atoms with van der Waals surface area (Å²) in [5.41, 5.74) is 0. The smallest absolute Gasteiger partial charge is 0.217 e. The number of aliphatic hydroxyl groups excluding tert-OH is 1. The van der Waals surface area contributed by atoms with Crippen molar-refractivity contribution in [1.82, 2.24) is 4.31 Å². The van der Waals surface area contributed by atoms with Gasteiger partial charge in [-0.2, -0.15) is 4.31 Å². The molecule has 2 atom stereocenters. The number of ether oxygens (including phenoxy) is 1. The molecular formula is C13H25NO4S. The fraction of sp³-hybridized carbons (Fsp3) is 1.00. The summed E-state index contributed by atoms with van der Waals surface area (Å²) in [6, 6.07) is -0.0263. The van der Waals surface area contributed by atoms with Crippen LogP contribution in [0.25, 0.3) is 0 Å². The second kappa shape index (κ2) is 6.52. The fourth-order valence-corrected chi connectivity index (χ4v) is 5.27. The molecule has 0 spiro atoms. The van der Waals surface area contributed by atoms with Crippen LogP contribution < -0.4 is 0 Å². The zero-order chi connectivity index (χ0) is 13.9. The molecule has 2 aliphatic heterocycles. The van der Waals surface area contributed by atoms with Gasteiger partial charge in [0, 0.05) is 25.8 Å². The molecule has 0 saturated carbocycles. The Morgan fingerprint density at radius 3 is 2.58 bits per heavy atom. The van der Waals surface area contributed by atoms with Gasteiger partial charge in [-0.1, -0.05) is 6.42 Å². The second-order valence-electron chi connectivity index (χ2n) is 5.70. The summed E-state index contributed by atoms with van der Waals surface area (Å²) in [5.74, 6) is 0. The van der Waals surface area contributed by atoms with Gasteiger partial charge in [-0.3, -0.25) is 0 Å². The molecule has 0 aliphatic carbocycles. The van der Waals surface area contributed by atoms with Gasteiger partial charge in [-0.25, -0.2) is 8.42 Å². The first-order chi connectivity index (χ1) is 9.01. The Kier molecular flexibility index (Phi) is 5.22. The molecule has 1 N–H and O–H groups in total. The number of hydrogen-bond acceptors (Lipinski definition) is 4. The molecule has 2 heterocycles. The third-order valence-electron chi connectivity index (χ3n) is 4.10. The van der Waals surface area contributed by atoms with Crippen molar-refractivity contribution in [2.75, 3.05) is 19.8 Å². The van der Waals surface area contributed by atoms with E-state index in [4.69, 9.17) is 4.74 Å². The van der Waals surface area contributed by atoms with Gasteiger partial charge >= 0.3 is 0 Å². The van der Waals surface area contributed by atoms with Crippen molar-refractivity contribution in [3.8, 4) is 0 Å². The molecule has 0 aromatic rings. The van der Waals surface area contributed by atoms with Crippen molar-refractivity contribution in [2.45, 2.75) is 62.8 Å². The molecule has 0 aromatic heterocycles. The van der Waals surface area contributed by atoms with E-state index in [1.54, 1.807) is 11.2 Å². The highest BCUT2D eigenvalue weighted by Gasteiger charge is 2.38. The van der Waals surface area contributed by atoms with Crippen LogP contribution in [-0.4, -0.2) is 55.0 Å². The van der Waals surface area contributed by atoms with Crippen LogP contribution in [0.15, 0.2) is 0 Å². The Labute approximate surface area is 116 Å². The third kappa shape index (κ3) is 3.68. The second-order valence-corrected chi connectivity index (χ2v) is 7.87. The highest BCUT2D eigenvalue weighted by molar-refractivity contribution is 7.89. The summed E-state index contributed by atoms with van der Waals surface area (Å²) in [5, 5.41) is 9.26. The van der Waals surface area contributed by atoms with Gasteiger partial charge in [-0.05, 0) is 39.0 Å². The van der Waals surface area contributed by atoms with Gasteiger partial charge in [0.05, 0.1) is 11.4 Å². The number of sulfonamides is 1. The van der Waals surface area contributed by atoms with Gasteiger partial charge in [0.25, 0.3) is 0 Å². The van der Waals surface area contributed by atoms with Crippen LogP contribution in [0.5, 0.6) is 0 Å². The molecule has 112 valence electrons. The maximum Gasteiger partial charge on any atom is 0.217 e. The summed E-state index contributed by atoms with van der Waals surface area (Å²) in [6.45, 7) is 3.42. The maximum absolute atomic E-state index is 12.7. The number of piperidine rings is 1. The minimum absolute atomic E-state index is 0.0263. The van der Waals surface area contributed by atoms with E-state index in [1.165, 1.54) is 0 Å². The van der Waals surface area contributed by atoms with Crippen molar-refractivity contribution < 1.29 is 18.3 Å². The van der Waals surface area contributed by atoms with Crippen LogP contribution in [0.2, 0.25) is 0 Å². The highest BCUT2D eigenvalue weighted by atomic mass is 32.2. The fourth-order valence-electron chi connectivity index (χ4n) is 3.10. The quantitative estimate of drug-likeness (QED) is 0.843. The lowest BCUT2D eigenvalue weighted by atomic mass is 10.00. The van der Waals surface area contributed by atoms with E-state index in [9.17, 15) is 13.5 Å². The standard InChI is InChI=1S/C13H25NO4S/c1-11(15)10-12-4-2-3-7-14(12)19(16,17)13-5-8-18-9-6-13/h11-13,15H,2-10H2,1H3. The van der Waals surface area contributed by atoms with Crippen molar-refractivity contribution >= 4 is 10.0 Å². The molecule has 0 aromatic carbocycles. The van der Waals surface area contributed by atoms with E-state index in [-0.39, 0.29) is 11.3 Å². The summed E-state index contributed by atoms with van der Waals surface area (Å²) in [4.78, 5) is 0. The van der Waals surface area contributed by atoms with E-state index in [0.29, 0.717) is 39.0 Å². The maximum atomic E-state index is 12.7. The summed E-state index contributed by atoms with van der Waals surface area (Å²) in [6.07, 6.45) is 4.14. The lowest BCUT2D eigenvalue weighted by molar-refractivity contribution is 0.0944. The largest absolute Gasteiger partial charge is 0.393 e. The van der Waals surface area contributed by atoms with Gasteiger partial charge in [0.15, 0.2) is 0 Å². The average molecular weight is 291 g/mol. The van der Waals surface area contributed by atoms with Crippen molar-refractivity contribution in [1.29, 1.82) is 0 Å². The Morgan fingerprint density at radius 2 is 1.95 bits per heavy atom. The summed E-state index contributed by atoms with van der Waals surface area (Å²) in [7, 11) is -3.24. The van der Waals surface area contributed by atoms with Crippen LogP contribution in [0.4, 0.5) is 0 Å². The monoisotopic (exact) mass is 291 g/mol. The highest BCUT2D eigenvalue weighted by Crippen LogP contribution is 2.28. The number of aliphatic hydroxyl groups is 1. The lowest BCUT2D eigenvalue weighted by Crippen LogP contribution is -2.49. The Morgan fingerprint density at radius 1 is 1.26 bits per heavy atom. The minimum Gasteiger partial charge on any atom is -0.393 e. The predicted octanol–water partition coefficient (Wildman–Crippen LogP) is 1.12. The van der Waals surface area contributed by atoms with Crippen molar-refractivity contribution in [3.05, 3.63) is 0 Å². The summed E-state index contributed by atoms with van der Waals surface area (Å²) < 4.78 is 32.4. The predicted molar refractivity (Wildman–Crippen MR) is 73.4 cm³/mol. The van der Waals surface area contributed by atoms with E-state index >= 15 is 0 Å². The zero-order valence-corrected chi connectivity index (χ0v) is 12.4. The molecule has 2 saturated heterocycles. The molecule has 2 unspecified atom stereocenters. The van der Waals surface area contributed by atoms with Gasteiger partial charge in [0.2, 0.25) is 10.0 Å². The van der Waals surface area contributed by atoms with E-state index < -0.39 is 16.1 Å². The Hall–Kier alpha value is -0.170. The molecule has 2 rings (SSSR count). The Bertz CT molecular complexity index is 376. The van der Waals surface area contributed by atoms with Gasteiger partial charge < -0.3 is 9.84 Å². The molecule has 0 bridgehead atoms. The van der Waals surface area contributed by atoms with Crippen LogP contribution in [0.3, 0.4) is 0 Å². The Balaban J connectivity index is 2.11. The topological polar surface area (TPSA) is 66.8 Å². The number of rotatable bonds is 4. The number of hydrogen-bond donors (Lipinski definition) is 1. The van der Waals surface area contributed by atoms with Crippen molar-refractivity contribution in [3.63, 3.8) is 0 Å². The molecule has 5 nitrogen and oxygen atoms in total. The summed E-state index contributed by atoms with van der Waals surface area (Å²) >= 11 is 0. The van der Waals surface area contributed by atoms with E-state index in [0.717, 1.165) is 19.3 Å². The van der Waals surface area contributed by atoms with Crippen LogP contribution in [0.1, 0.15) is 45.4 Å². The molecule has 2 fully saturated rings. The zero-order valence-electron chi connectivity index (χ0n) is 11.6. The van der Waals surface area contributed by atoms with Crippen LogP contribution >= 0.6 is 0 Å². The molecule has 19 heavy (non-hydrogen) atoms. The number of nitrogens with zero attached hydrogens (tertiary/aromatic N) is 1. The third-order valence-corrected chi connectivity index (χ3v) is 6.55. The van der Waals surface area contributed by atoms with Crippen LogP contribution in [-0.2, 0) is 14.8 Å². The molecule has 6 heteroatoms. The molecule has 0 radical (unpaired) electrons. The first-order valence-electron chi connectivity index (χ1n) is 7.28. The van der Waals surface area contributed by atoms with Gasteiger partial charge in [0.1, 0.15) is 0 Å². The molecule has 0 amide bonds. The normalized spacial score (nSPS) is 29.3. The minimum atomic E-state index is -3.24. The first-order valence-corrected chi connectivity index (χ1v) is 8.78. The van der Waals surface area contributed by atoms with E-state index in [2.05, 4.69) is 0 Å². The van der Waals surface area contributed by atoms with Crippen molar-refractivity contribution in [2.24, 2.45) is 0 Å².